The zero-order valence-corrected chi connectivity index (χ0v) is 15.4. The van der Waals surface area contributed by atoms with Crippen LogP contribution in [0.25, 0.3) is 0 Å². The van der Waals surface area contributed by atoms with E-state index in [0.717, 1.165) is 12.8 Å². The molecule has 0 aromatic heterocycles. The van der Waals surface area contributed by atoms with Gasteiger partial charge in [0.2, 0.25) is 0 Å². The van der Waals surface area contributed by atoms with E-state index < -0.39 is 24.1 Å². The van der Waals surface area contributed by atoms with Gasteiger partial charge in [0.1, 0.15) is 6.54 Å². The maximum Gasteiger partial charge on any atom is 0.308 e. The van der Waals surface area contributed by atoms with Crippen molar-refractivity contribution in [2.45, 2.75) is 70.2 Å². The van der Waals surface area contributed by atoms with Crippen molar-refractivity contribution >= 4 is 11.9 Å². The van der Waals surface area contributed by atoms with Crippen LogP contribution in [0.4, 0.5) is 0 Å². The fraction of sp³-hybridized carbons (Fsp3) is 0.882. The van der Waals surface area contributed by atoms with E-state index >= 15 is 0 Å². The molecule has 0 aliphatic carbocycles. The predicted molar refractivity (Wildman–Crippen MR) is 90.4 cm³/mol. The SMILES string of the molecule is CCCC(O)CCCC(O)CC(=O)OC(CC(=O)O)C[N+](C)(C)C. The van der Waals surface area contributed by atoms with E-state index in [9.17, 15) is 19.8 Å². The van der Waals surface area contributed by atoms with E-state index in [1.54, 1.807) is 0 Å². The number of nitrogens with zero attached hydrogens (tertiary/aromatic N) is 1. The second kappa shape index (κ2) is 11.4. The van der Waals surface area contributed by atoms with Gasteiger partial charge in [0.25, 0.3) is 0 Å². The minimum atomic E-state index is -1.02. The Bertz CT molecular complexity index is 380. The highest BCUT2D eigenvalue weighted by molar-refractivity contribution is 5.71. The maximum atomic E-state index is 11.9. The molecule has 0 aromatic rings. The zero-order chi connectivity index (χ0) is 18.8. The quantitative estimate of drug-likeness (QED) is 0.341. The third-order valence-corrected chi connectivity index (χ3v) is 3.55. The van der Waals surface area contributed by atoms with Gasteiger partial charge in [-0.25, -0.2) is 0 Å². The fourth-order valence-corrected chi connectivity index (χ4v) is 2.54. The van der Waals surface area contributed by atoms with Crippen molar-refractivity contribution in [1.29, 1.82) is 0 Å². The number of quaternary nitrogens is 1. The lowest BCUT2D eigenvalue weighted by atomic mass is 10.0. The Balaban J connectivity index is 4.23. The molecular formula is C17H34NO6+. The molecule has 0 fully saturated rings. The number of rotatable bonds is 13. The number of carboxylic acid groups (broad SMARTS) is 1. The molecule has 0 rings (SSSR count). The molecule has 3 unspecified atom stereocenters. The van der Waals surface area contributed by atoms with Gasteiger partial charge >= 0.3 is 11.9 Å². The summed E-state index contributed by atoms with van der Waals surface area (Å²) in [6, 6.07) is 0. The summed E-state index contributed by atoms with van der Waals surface area (Å²) in [5, 5.41) is 28.4. The van der Waals surface area contributed by atoms with E-state index in [1.165, 1.54) is 0 Å². The number of hydrogen-bond acceptors (Lipinski definition) is 5. The van der Waals surface area contributed by atoms with Crippen LogP contribution in [0, 0.1) is 0 Å². The molecule has 3 N–H and O–H groups in total. The van der Waals surface area contributed by atoms with E-state index in [0.29, 0.717) is 30.3 Å². The summed E-state index contributed by atoms with van der Waals surface area (Å²) in [6.07, 6.45) is 0.976. The van der Waals surface area contributed by atoms with Crippen LogP contribution in [-0.2, 0) is 14.3 Å². The summed E-state index contributed by atoms with van der Waals surface area (Å²) in [7, 11) is 5.66. The molecule has 0 spiro atoms. The molecule has 7 heteroatoms. The van der Waals surface area contributed by atoms with Gasteiger partial charge in [-0.05, 0) is 25.7 Å². The van der Waals surface area contributed by atoms with Gasteiger partial charge in [0.05, 0.1) is 46.2 Å². The fourth-order valence-electron chi connectivity index (χ4n) is 2.54. The number of esters is 1. The predicted octanol–water partition coefficient (Wildman–Crippen LogP) is 1.16. The maximum absolute atomic E-state index is 11.9. The van der Waals surface area contributed by atoms with Crippen LogP contribution < -0.4 is 0 Å². The van der Waals surface area contributed by atoms with Crippen molar-refractivity contribution in [3.63, 3.8) is 0 Å². The number of aliphatic hydroxyl groups excluding tert-OH is 2. The van der Waals surface area contributed by atoms with E-state index in [4.69, 9.17) is 9.84 Å². The van der Waals surface area contributed by atoms with Crippen molar-refractivity contribution in [3.05, 3.63) is 0 Å². The molecule has 7 nitrogen and oxygen atoms in total. The lowest BCUT2D eigenvalue weighted by molar-refractivity contribution is -0.873. The molecule has 0 aliphatic rings. The van der Waals surface area contributed by atoms with Gasteiger partial charge in [0.15, 0.2) is 6.10 Å². The average Bonchev–Trinajstić information content (AvgIpc) is 2.35. The minimum absolute atomic E-state index is 0.156. The molecule has 0 saturated carbocycles. The third kappa shape index (κ3) is 13.3. The first-order chi connectivity index (χ1) is 11.0. The van der Waals surface area contributed by atoms with Crippen LogP contribution in [0.15, 0.2) is 0 Å². The number of carboxylic acids is 1. The van der Waals surface area contributed by atoms with E-state index in [1.807, 2.05) is 28.1 Å². The van der Waals surface area contributed by atoms with Crippen LogP contribution in [0.5, 0.6) is 0 Å². The summed E-state index contributed by atoms with van der Waals surface area (Å²) >= 11 is 0. The average molecular weight is 348 g/mol. The molecule has 0 bridgehead atoms. The summed E-state index contributed by atoms with van der Waals surface area (Å²) in [4.78, 5) is 22.8. The van der Waals surface area contributed by atoms with Crippen molar-refractivity contribution in [3.8, 4) is 0 Å². The summed E-state index contributed by atoms with van der Waals surface area (Å²) in [5.74, 6) is -1.61. The number of hydrogen-bond donors (Lipinski definition) is 3. The first kappa shape index (κ1) is 22.8. The standard InChI is InChI=1S/C17H33NO6/c1-5-7-13(19)8-6-9-14(20)10-17(23)24-15(11-16(21)22)12-18(2,3)4/h13-15,19-20H,5-12H2,1-4H3/p+1. The summed E-state index contributed by atoms with van der Waals surface area (Å²) in [5.41, 5.74) is 0. The van der Waals surface area contributed by atoms with E-state index in [2.05, 4.69) is 0 Å². The summed E-state index contributed by atoms with van der Waals surface area (Å²) in [6.45, 7) is 2.38. The lowest BCUT2D eigenvalue weighted by Crippen LogP contribution is -2.44. The summed E-state index contributed by atoms with van der Waals surface area (Å²) < 4.78 is 5.70. The largest absolute Gasteiger partial charge is 0.481 e. The third-order valence-electron chi connectivity index (χ3n) is 3.55. The van der Waals surface area contributed by atoms with Crippen molar-refractivity contribution in [1.82, 2.24) is 0 Å². The number of aliphatic carboxylic acids is 1. The number of carbonyl (C=O) groups excluding carboxylic acids is 1. The Hall–Kier alpha value is -1.18. The molecule has 0 aliphatic heterocycles. The van der Waals surface area contributed by atoms with Crippen LogP contribution in [-0.4, -0.2) is 77.7 Å². The van der Waals surface area contributed by atoms with Gasteiger partial charge in [-0.2, -0.15) is 0 Å². The number of ether oxygens (including phenoxy) is 1. The lowest BCUT2D eigenvalue weighted by Gasteiger charge is -2.28. The van der Waals surface area contributed by atoms with Crippen LogP contribution in [0.3, 0.4) is 0 Å². The first-order valence-corrected chi connectivity index (χ1v) is 8.61. The van der Waals surface area contributed by atoms with Gasteiger partial charge < -0.3 is 24.5 Å². The van der Waals surface area contributed by atoms with Crippen LogP contribution >= 0.6 is 0 Å². The molecule has 0 aromatic carbocycles. The smallest absolute Gasteiger partial charge is 0.308 e. The highest BCUT2D eigenvalue weighted by atomic mass is 16.5. The zero-order valence-electron chi connectivity index (χ0n) is 15.4. The van der Waals surface area contributed by atoms with E-state index in [-0.39, 0.29) is 18.9 Å². The minimum Gasteiger partial charge on any atom is -0.481 e. The van der Waals surface area contributed by atoms with Crippen LogP contribution in [0.1, 0.15) is 51.9 Å². The van der Waals surface area contributed by atoms with Gasteiger partial charge in [-0.3, -0.25) is 9.59 Å². The Morgan fingerprint density at radius 3 is 2.08 bits per heavy atom. The first-order valence-electron chi connectivity index (χ1n) is 8.61. The molecule has 0 saturated heterocycles. The molecular weight excluding hydrogens is 314 g/mol. The monoisotopic (exact) mass is 348 g/mol. The molecule has 0 heterocycles. The van der Waals surface area contributed by atoms with Gasteiger partial charge in [-0.1, -0.05) is 13.3 Å². The molecule has 3 atom stereocenters. The van der Waals surface area contributed by atoms with Crippen molar-refractivity contribution in [2.75, 3.05) is 27.7 Å². The van der Waals surface area contributed by atoms with Crippen molar-refractivity contribution in [2.24, 2.45) is 0 Å². The molecule has 24 heavy (non-hydrogen) atoms. The molecule has 142 valence electrons. The molecule has 0 amide bonds. The Morgan fingerprint density at radius 2 is 1.58 bits per heavy atom. The second-order valence-corrected chi connectivity index (χ2v) is 7.41. The Morgan fingerprint density at radius 1 is 1.00 bits per heavy atom. The van der Waals surface area contributed by atoms with Gasteiger partial charge in [-0.15, -0.1) is 0 Å². The molecule has 0 radical (unpaired) electrons. The Labute approximate surface area is 144 Å². The topological polar surface area (TPSA) is 104 Å². The van der Waals surface area contributed by atoms with Gasteiger partial charge in [0, 0.05) is 0 Å². The Kier molecular flexibility index (Phi) is 10.8. The number of aliphatic hydroxyl groups is 2. The normalized spacial score (nSPS) is 15.6. The van der Waals surface area contributed by atoms with Crippen molar-refractivity contribution < 1.29 is 34.1 Å². The highest BCUT2D eigenvalue weighted by Crippen LogP contribution is 2.12. The number of likely N-dealkylation sites (N-methyl/N-ethyl adjacent to an activating group) is 1. The highest BCUT2D eigenvalue weighted by Gasteiger charge is 2.25. The second-order valence-electron chi connectivity index (χ2n) is 7.41. The number of carbonyl (C=O) groups is 2. The van der Waals surface area contributed by atoms with Crippen LogP contribution in [0.2, 0.25) is 0 Å².